The second-order valence-corrected chi connectivity index (χ2v) is 8.40. The van der Waals surface area contributed by atoms with Crippen LogP contribution in [0.5, 0.6) is 6.01 Å². The van der Waals surface area contributed by atoms with E-state index in [0.29, 0.717) is 11.1 Å². The molecular weight excluding hydrogens is 434 g/mol. The highest BCUT2D eigenvalue weighted by atomic mass is 19.2. The number of benzene rings is 2. The second kappa shape index (κ2) is 12.9. The third-order valence-electron chi connectivity index (χ3n) is 5.71. The van der Waals surface area contributed by atoms with Crippen molar-refractivity contribution in [3.63, 3.8) is 0 Å². The van der Waals surface area contributed by atoms with Gasteiger partial charge in [0.05, 0.1) is 6.10 Å². The van der Waals surface area contributed by atoms with Gasteiger partial charge in [-0.3, -0.25) is 0 Å². The van der Waals surface area contributed by atoms with Gasteiger partial charge >= 0.3 is 6.01 Å². The van der Waals surface area contributed by atoms with E-state index < -0.39 is 11.6 Å². The van der Waals surface area contributed by atoms with Crippen molar-refractivity contribution < 1.29 is 18.6 Å². The van der Waals surface area contributed by atoms with Gasteiger partial charge in [-0.2, -0.15) is 0 Å². The van der Waals surface area contributed by atoms with Crippen molar-refractivity contribution in [1.82, 2.24) is 9.97 Å². The smallest absolute Gasteiger partial charge is 0.313 e. The third-order valence-corrected chi connectivity index (χ3v) is 5.71. The summed E-state index contributed by atoms with van der Waals surface area (Å²) in [5.74, 6) is -1.71. The molecular formula is C28H32F2N2O2. The molecule has 1 heterocycles. The van der Waals surface area contributed by atoms with Crippen molar-refractivity contribution in [2.45, 2.75) is 58.5 Å². The standard InChI is InChI=1S/C28H32F2N2O2/c1-3-4-8-17-34-20(2)9-6-5-7-10-23-15-16-25(27(30)26(23)29)22-13-11-21(12-14-22)24-18-31-28(33)32-19-24/h7,10-16,18-20H,3-6,8-9,17H2,1-2H3,(H,31,32,33). The van der Waals surface area contributed by atoms with Gasteiger partial charge in [-0.15, -0.1) is 0 Å². The normalized spacial score (nSPS) is 12.4. The summed E-state index contributed by atoms with van der Waals surface area (Å²) in [7, 11) is 0. The van der Waals surface area contributed by atoms with E-state index in [1.165, 1.54) is 25.2 Å². The van der Waals surface area contributed by atoms with Gasteiger partial charge in [-0.1, -0.05) is 68.3 Å². The molecule has 0 aliphatic heterocycles. The number of hydrogen-bond acceptors (Lipinski definition) is 4. The molecule has 0 radical (unpaired) electrons. The molecule has 180 valence electrons. The Balaban J connectivity index is 1.56. The van der Waals surface area contributed by atoms with Gasteiger partial charge in [0, 0.05) is 35.7 Å². The van der Waals surface area contributed by atoms with Crippen LogP contribution >= 0.6 is 0 Å². The lowest BCUT2D eigenvalue weighted by atomic mass is 9.99. The molecule has 0 aliphatic rings. The topological polar surface area (TPSA) is 55.2 Å². The number of ether oxygens (including phenoxy) is 1. The summed E-state index contributed by atoms with van der Waals surface area (Å²) in [5, 5.41) is 9.21. The predicted molar refractivity (Wildman–Crippen MR) is 132 cm³/mol. The zero-order chi connectivity index (χ0) is 24.3. The van der Waals surface area contributed by atoms with E-state index in [2.05, 4.69) is 23.8 Å². The average Bonchev–Trinajstić information content (AvgIpc) is 2.85. The summed E-state index contributed by atoms with van der Waals surface area (Å²) in [6.45, 7) is 5.05. The van der Waals surface area contributed by atoms with Crippen LogP contribution < -0.4 is 0 Å². The van der Waals surface area contributed by atoms with Crippen LogP contribution in [-0.4, -0.2) is 27.8 Å². The van der Waals surface area contributed by atoms with Gasteiger partial charge in [0.2, 0.25) is 0 Å². The van der Waals surface area contributed by atoms with E-state index in [-0.39, 0.29) is 23.2 Å². The molecule has 0 fully saturated rings. The summed E-state index contributed by atoms with van der Waals surface area (Å²) in [5.41, 5.74) is 2.54. The molecule has 4 nitrogen and oxygen atoms in total. The fourth-order valence-corrected chi connectivity index (χ4v) is 3.68. The maximum Gasteiger partial charge on any atom is 0.313 e. The van der Waals surface area contributed by atoms with Crippen molar-refractivity contribution in [2.24, 2.45) is 0 Å². The SMILES string of the molecule is CCCCCOC(C)CCCC=Cc1ccc(-c2ccc(-c3cnc(O)nc3)cc2)c(F)c1F. The summed E-state index contributed by atoms with van der Waals surface area (Å²) >= 11 is 0. The van der Waals surface area contributed by atoms with Gasteiger partial charge in [-0.05, 0) is 43.7 Å². The zero-order valence-electron chi connectivity index (χ0n) is 19.8. The third kappa shape index (κ3) is 7.19. The predicted octanol–water partition coefficient (Wildman–Crippen LogP) is 7.57. The van der Waals surface area contributed by atoms with Crippen LogP contribution in [0.25, 0.3) is 28.3 Å². The number of rotatable bonds is 12. The van der Waals surface area contributed by atoms with Gasteiger partial charge in [-0.25, -0.2) is 18.7 Å². The van der Waals surface area contributed by atoms with E-state index in [1.807, 2.05) is 6.08 Å². The van der Waals surface area contributed by atoms with Crippen molar-refractivity contribution in [2.75, 3.05) is 6.61 Å². The van der Waals surface area contributed by atoms with Crippen molar-refractivity contribution in [1.29, 1.82) is 0 Å². The van der Waals surface area contributed by atoms with Gasteiger partial charge in [0.25, 0.3) is 0 Å². The molecule has 0 spiro atoms. The first-order chi connectivity index (χ1) is 16.5. The Labute approximate surface area is 200 Å². The number of aromatic hydroxyl groups is 1. The molecule has 1 N–H and O–H groups in total. The van der Waals surface area contributed by atoms with Crippen LogP contribution in [-0.2, 0) is 4.74 Å². The molecule has 1 unspecified atom stereocenters. The summed E-state index contributed by atoms with van der Waals surface area (Å²) in [6.07, 6.45) is 12.9. The van der Waals surface area contributed by atoms with Gasteiger partial charge < -0.3 is 9.84 Å². The number of allylic oxidation sites excluding steroid dienone is 1. The fourth-order valence-electron chi connectivity index (χ4n) is 3.68. The Morgan fingerprint density at radius 1 is 0.912 bits per heavy atom. The van der Waals surface area contributed by atoms with E-state index in [0.717, 1.165) is 37.9 Å². The first kappa shape index (κ1) is 25.5. The van der Waals surface area contributed by atoms with E-state index >= 15 is 0 Å². The Morgan fingerprint density at radius 3 is 2.32 bits per heavy atom. The molecule has 2 aromatic carbocycles. The van der Waals surface area contributed by atoms with Gasteiger partial charge in [0.15, 0.2) is 11.6 Å². The minimum Gasteiger partial charge on any atom is -0.479 e. The van der Waals surface area contributed by atoms with Crippen molar-refractivity contribution in [3.8, 4) is 28.3 Å². The average molecular weight is 467 g/mol. The number of halogens is 2. The second-order valence-electron chi connectivity index (χ2n) is 8.40. The quantitative estimate of drug-likeness (QED) is 0.280. The Bertz CT molecular complexity index is 1070. The summed E-state index contributed by atoms with van der Waals surface area (Å²) in [4.78, 5) is 7.51. The van der Waals surface area contributed by atoms with E-state index in [4.69, 9.17) is 4.74 Å². The molecule has 3 rings (SSSR count). The maximum atomic E-state index is 14.8. The Kier molecular flexibility index (Phi) is 9.71. The Hall–Kier alpha value is -3.12. The highest BCUT2D eigenvalue weighted by Gasteiger charge is 2.14. The molecule has 1 atom stereocenters. The first-order valence-electron chi connectivity index (χ1n) is 11.9. The van der Waals surface area contributed by atoms with E-state index in [9.17, 15) is 13.9 Å². The Morgan fingerprint density at radius 2 is 1.62 bits per heavy atom. The van der Waals surface area contributed by atoms with Crippen LogP contribution in [0.2, 0.25) is 0 Å². The number of unbranched alkanes of at least 4 members (excludes halogenated alkanes) is 3. The minimum absolute atomic E-state index is 0.206. The number of nitrogens with zero attached hydrogens (tertiary/aromatic N) is 2. The van der Waals surface area contributed by atoms with Crippen LogP contribution in [0.4, 0.5) is 8.78 Å². The van der Waals surface area contributed by atoms with Crippen LogP contribution in [0.3, 0.4) is 0 Å². The summed E-state index contributed by atoms with van der Waals surface area (Å²) < 4.78 is 35.3. The largest absolute Gasteiger partial charge is 0.479 e. The van der Waals surface area contributed by atoms with Crippen molar-refractivity contribution >= 4 is 6.08 Å². The van der Waals surface area contributed by atoms with Crippen LogP contribution in [0, 0.1) is 11.6 Å². The highest BCUT2D eigenvalue weighted by molar-refractivity contribution is 5.71. The molecule has 3 aromatic rings. The fraction of sp³-hybridized carbons (Fsp3) is 0.357. The summed E-state index contributed by atoms with van der Waals surface area (Å²) in [6, 6.07) is 9.92. The number of hydrogen-bond donors (Lipinski definition) is 1. The molecule has 6 heteroatoms. The van der Waals surface area contributed by atoms with Crippen LogP contribution in [0.15, 0.2) is 54.9 Å². The lowest BCUT2D eigenvalue weighted by Gasteiger charge is -2.12. The molecule has 0 amide bonds. The van der Waals surface area contributed by atoms with E-state index in [1.54, 1.807) is 42.5 Å². The lowest BCUT2D eigenvalue weighted by Crippen LogP contribution is -2.08. The van der Waals surface area contributed by atoms with Crippen LogP contribution in [0.1, 0.15) is 57.9 Å². The molecule has 0 saturated heterocycles. The molecule has 34 heavy (non-hydrogen) atoms. The molecule has 1 aromatic heterocycles. The lowest BCUT2D eigenvalue weighted by molar-refractivity contribution is 0.0566. The van der Waals surface area contributed by atoms with Crippen molar-refractivity contribution in [3.05, 3.63) is 72.1 Å². The highest BCUT2D eigenvalue weighted by Crippen LogP contribution is 2.29. The molecule has 0 aliphatic carbocycles. The number of aromatic nitrogens is 2. The monoisotopic (exact) mass is 466 g/mol. The maximum absolute atomic E-state index is 14.8. The first-order valence-corrected chi connectivity index (χ1v) is 11.9. The molecule has 0 bridgehead atoms. The zero-order valence-corrected chi connectivity index (χ0v) is 19.8. The minimum atomic E-state index is -0.864. The van der Waals surface area contributed by atoms with Gasteiger partial charge in [0.1, 0.15) is 0 Å². The molecule has 0 saturated carbocycles.